The van der Waals surface area contributed by atoms with Gasteiger partial charge >= 0.3 is 65.7 Å². The van der Waals surface area contributed by atoms with Crippen LogP contribution in [0.3, 0.4) is 0 Å². The van der Waals surface area contributed by atoms with E-state index in [1.54, 1.807) is 13.8 Å². The van der Waals surface area contributed by atoms with Crippen molar-refractivity contribution in [3.05, 3.63) is 60.4 Å². The summed E-state index contributed by atoms with van der Waals surface area (Å²) in [6.07, 6.45) is 8.04. The van der Waals surface area contributed by atoms with Gasteiger partial charge in [-0.2, -0.15) is 0 Å². The number of Topliss-reactive ketones (excluding diaryl/α,β-unsaturated/α-hetero) is 15. The van der Waals surface area contributed by atoms with E-state index in [-0.39, 0.29) is 193 Å². The molecule has 0 aromatic rings. The third kappa shape index (κ3) is 105. The number of carbonyl (C=O) groups is 27. The van der Waals surface area contributed by atoms with E-state index < -0.39 is 144 Å². The molecule has 0 aliphatic carbocycles. The molecule has 0 bridgehead atoms. The molecule has 52 heteroatoms. The molecule has 50 nitrogen and oxygen atoms in total. The van der Waals surface area contributed by atoms with Crippen LogP contribution in [-0.2, 0) is 139 Å². The lowest BCUT2D eigenvalue weighted by molar-refractivity contribution is -0.150. The van der Waals surface area contributed by atoms with Crippen molar-refractivity contribution in [1.29, 1.82) is 0 Å². The van der Waals surface area contributed by atoms with Gasteiger partial charge in [-0.25, -0.2) is 0 Å². The number of carboxylic acid groups (broad SMARTS) is 10. The lowest BCUT2D eigenvalue weighted by atomic mass is 10.0. The van der Waals surface area contributed by atoms with Crippen molar-refractivity contribution in [2.45, 2.75) is 316 Å². The van der Waals surface area contributed by atoms with E-state index >= 15 is 0 Å². The van der Waals surface area contributed by atoms with Gasteiger partial charge in [0.05, 0.1) is 43.6 Å². The molecule has 0 aliphatic heterocycles. The molecule has 10 unspecified atom stereocenters. The summed E-state index contributed by atoms with van der Waals surface area (Å²) >= 11 is 2.19. The maximum Gasteiger partial charge on any atom is 0.324 e. The predicted molar refractivity (Wildman–Crippen MR) is 522 cm³/mol. The number of carbonyl (C=O) groups excluding carboxylic acids is 17. The third-order valence-electron chi connectivity index (χ3n) is 17.4. The number of rotatable bonds is 69. The average Bonchev–Trinajstić information content (AvgIpc) is 0.941. The Morgan fingerprint density at radius 1 is 0.308 bits per heavy atom. The molecule has 0 aromatic carbocycles. The fourth-order valence-electron chi connectivity index (χ4n) is 8.40. The van der Waals surface area contributed by atoms with Crippen LogP contribution in [0.25, 0.3) is 0 Å². The van der Waals surface area contributed by atoms with Crippen LogP contribution in [0.4, 0.5) is 0 Å². The Kier molecular flexibility index (Phi) is 96.9. The van der Waals surface area contributed by atoms with E-state index in [2.05, 4.69) is 42.9 Å². The molecule has 0 amide bonds. The van der Waals surface area contributed by atoms with Gasteiger partial charge in [0.15, 0.2) is 39.8 Å². The number of hydrogen-bond acceptors (Lipinski definition) is 42. The van der Waals surface area contributed by atoms with E-state index in [4.69, 9.17) is 113 Å². The molecule has 31 N–H and O–H groups in total. The summed E-state index contributed by atoms with van der Waals surface area (Å²) in [5.41, 5.74) is 52.7. The van der Waals surface area contributed by atoms with Crippen LogP contribution in [0, 0.1) is 0 Å². The zero-order valence-electron chi connectivity index (χ0n) is 82.8. The molecule has 0 rings (SSSR count). The summed E-state index contributed by atoms with van der Waals surface area (Å²) in [5.74, 6) is -14.5. The van der Waals surface area contributed by atoms with E-state index in [0.717, 1.165) is 36.8 Å². The van der Waals surface area contributed by atoms with Crippen LogP contribution in [0.2, 0.25) is 0 Å². The third-order valence-corrected chi connectivity index (χ3v) is 19.5. The molecule has 0 aliphatic rings. The highest BCUT2D eigenvalue weighted by Gasteiger charge is 2.23. The van der Waals surface area contributed by atoms with E-state index in [1.807, 2.05) is 0 Å². The second kappa shape index (κ2) is 91.9. The molecule has 0 heterocycles. The smallest absolute Gasteiger partial charge is 0.324 e. The number of ketones is 15. The lowest BCUT2D eigenvalue weighted by Crippen LogP contribution is -2.35. The molecule has 0 spiro atoms. The monoisotopic (exact) mass is 2080 g/mol. The molecule has 0 aromatic heterocycles. The second-order valence-electron chi connectivity index (χ2n) is 31.1. The molecular weight excluding hydrogens is 1940 g/mol. The van der Waals surface area contributed by atoms with Crippen molar-refractivity contribution < 1.29 is 190 Å². The van der Waals surface area contributed by atoms with Crippen molar-refractivity contribution in [2.24, 2.45) is 57.3 Å². The first-order chi connectivity index (χ1) is 65.8. The number of nitrogens with two attached hydrogens (primary N) is 10. The molecule has 0 radical (unpaired) electrons. The van der Waals surface area contributed by atoms with Crippen LogP contribution < -0.4 is 62.7 Å². The van der Waals surface area contributed by atoms with Gasteiger partial charge in [0.1, 0.15) is 120 Å². The largest absolute Gasteiger partial charge is 0.491 e. The summed E-state index contributed by atoms with van der Waals surface area (Å²) in [4.78, 5) is 288. The zero-order chi connectivity index (χ0) is 114. The van der Waals surface area contributed by atoms with Gasteiger partial charge in [-0.3, -0.25) is 129 Å². The summed E-state index contributed by atoms with van der Waals surface area (Å²) in [6, 6.07) is -9.59. The normalized spacial score (nSPS) is 12.0. The van der Waals surface area contributed by atoms with Gasteiger partial charge in [-0.05, 0) is 149 Å². The van der Waals surface area contributed by atoms with E-state index in [9.17, 15) is 129 Å². The first kappa shape index (κ1) is 151. The van der Waals surface area contributed by atoms with Crippen molar-refractivity contribution in [1.82, 2.24) is 5.32 Å². The van der Waals surface area contributed by atoms with Crippen molar-refractivity contribution in [3.63, 3.8) is 0 Å². The van der Waals surface area contributed by atoms with Crippen LogP contribution in [0.15, 0.2) is 60.4 Å². The Hall–Kier alpha value is -12.5. The van der Waals surface area contributed by atoms with Gasteiger partial charge in [0.2, 0.25) is 11.6 Å². The van der Waals surface area contributed by atoms with Crippen molar-refractivity contribution in [3.8, 4) is 0 Å². The maximum atomic E-state index is 11.3. The minimum absolute atomic E-state index is 0.00144. The van der Waals surface area contributed by atoms with Crippen molar-refractivity contribution >= 4 is 181 Å². The highest BCUT2D eigenvalue weighted by Crippen LogP contribution is 2.18. The Labute approximate surface area is 837 Å². The summed E-state index contributed by atoms with van der Waals surface area (Å²) in [6.45, 7) is 32.1. The number of ether oxygens (including phenoxy) is 2. The molecule has 814 valence electrons. The number of aliphatic carboxylic acids is 10. The summed E-state index contributed by atoms with van der Waals surface area (Å²) < 4.78 is 9.42. The molecule has 0 saturated carbocycles. The van der Waals surface area contributed by atoms with Gasteiger partial charge in [0, 0.05) is 76.0 Å². The van der Waals surface area contributed by atoms with E-state index in [0.29, 0.717) is 101 Å². The highest BCUT2D eigenvalue weighted by atomic mass is 32.2. The predicted octanol–water partition coefficient (Wildman–Crippen LogP) is 1.83. The number of nitrogens with one attached hydrogen (secondary N) is 1. The summed E-state index contributed by atoms with van der Waals surface area (Å²) in [7, 11) is 0. The fraction of sp³-hybridized carbons (Fsp3) is 0.593. The minimum Gasteiger partial charge on any atom is -0.491 e. The highest BCUT2D eigenvalue weighted by molar-refractivity contribution is 8.13. The molecule has 10 atom stereocenters. The zero-order valence-corrected chi connectivity index (χ0v) is 84.4. The molecule has 143 heavy (non-hydrogen) atoms. The first-order valence-corrected chi connectivity index (χ1v) is 46.0. The van der Waals surface area contributed by atoms with Crippen LogP contribution >= 0.6 is 23.5 Å². The van der Waals surface area contributed by atoms with Gasteiger partial charge in [-0.15, -0.1) is 11.8 Å². The Balaban J connectivity index is -0.000000172. The number of esters is 1. The van der Waals surface area contributed by atoms with Gasteiger partial charge < -0.3 is 123 Å². The number of carboxylic acids is 10. The minimum atomic E-state index is -1.25. The van der Waals surface area contributed by atoms with Crippen LogP contribution in [0.5, 0.6) is 0 Å². The number of allylic oxidation sites excluding steroid dienone is 5. The lowest BCUT2D eigenvalue weighted by Gasteiger charge is -2.07. The Bertz CT molecular complexity index is 3960. The fourth-order valence-corrected chi connectivity index (χ4v) is 10.0. The second-order valence-corrected chi connectivity index (χ2v) is 33.3. The topological polar surface area (TPSA) is 954 Å². The van der Waals surface area contributed by atoms with Gasteiger partial charge in [-0.1, -0.05) is 71.3 Å². The molecular formula is C91H149N11O39S2. The molecule has 0 saturated heterocycles. The van der Waals surface area contributed by atoms with Crippen LogP contribution in [0.1, 0.15) is 255 Å². The quantitative estimate of drug-likeness (QED) is 0.00785. The Morgan fingerprint density at radius 2 is 0.629 bits per heavy atom. The summed E-state index contributed by atoms with van der Waals surface area (Å²) in [5, 5.41) is 86.8. The maximum absolute atomic E-state index is 11.3. The number of thioether (sulfide) groups is 2. The average molecular weight is 2090 g/mol. The SMILES string of the molecule is C=C(C(C)=O)C(=O)CCCCC(N)C(=O)O.C=C(C)C(=O)C(=O)CCCC(N)C(=O)O.C=C(NCCCCC(N)C(=O)O)C(C)=O.C=C(OCCCCC(N)C(=O)O)C(C)=O.C=C(SCCCCC(N)C(=O)O)C(C)=O.CC(=O)CC(=O)CCC(N)C(=O)O.CC(=O)CC(=O)OCC(N)C(=O)O.CC(=O)CC(=O)SCC(N)C(=O)O.CCC(=O)CC(=O)CCC(N)C(=O)O.CCC(=O)CC(=O)CCC(N)C(=O)O. The number of hydrogen-bond donors (Lipinski definition) is 21. The number of unbranched alkanes of at least 4 members (excludes halogenated alkanes) is 4. The van der Waals surface area contributed by atoms with E-state index in [1.165, 1.54) is 67.2 Å². The Morgan fingerprint density at radius 3 is 0.944 bits per heavy atom. The van der Waals surface area contributed by atoms with Crippen LogP contribution in [-0.4, -0.2) is 300 Å². The molecule has 0 fully saturated rings. The van der Waals surface area contributed by atoms with Gasteiger partial charge in [0.25, 0.3) is 0 Å². The first-order valence-electron chi connectivity index (χ1n) is 44.1. The standard InChI is InChI=1S/C11H17NO4.C10H18N2O3.C10H17NO4.C10H15NO4.C10H17NO3S.2C9H15NO4.C8H13NO4.C7H11NO5.C7H11NO4S/c1-7(8(2)13)10(14)6-4-3-5-9(12)11(15)16;1-7(8(2)13)12-6-4-3-5-9(11)10(14)15;1-7(12)8(2)15-6-4-3-5-9(11)10(13)14;1-6(2)9(13)8(12)5-3-4-7(11)10(14)15;1-7(12)8(2)15-6-4-3-5-9(11)10(13)14;2*1-2-6(11)5-7(12)3-4-8(10)9(13)14;1-5(10)4-6(11)2-3-7(9)8(12)13;2*1-4(9)2-6(10)13-3-5(8)7(11)12/h9H,1,3-6,12H2,2H3,(H,15,16);9,12H,1,3-6,11H2,2H3,(H,14,15);9H,2-6,11H2,1H3,(H,13,14);7H,1,3-5,11H2,2H3,(H,14,15);9H,2-6,11H2,1H3,(H,13,14);2*8H,2-5,10H2,1H3,(H,13,14);7H,2-4,9H2,1H3,(H,12,13);2*5H,2-3,8H2,1H3,(H,11,12). The van der Waals surface area contributed by atoms with Crippen molar-refractivity contribution in [2.75, 3.05) is 31.3 Å².